The van der Waals surface area contributed by atoms with E-state index >= 15 is 0 Å². The van der Waals surface area contributed by atoms with Gasteiger partial charge in [0.15, 0.2) is 0 Å². The van der Waals surface area contributed by atoms with E-state index in [1.54, 1.807) is 0 Å². The molecule has 1 saturated heterocycles. The van der Waals surface area contributed by atoms with E-state index in [2.05, 4.69) is 33.0 Å². The molecule has 0 saturated carbocycles. The molecule has 0 radical (unpaired) electrons. The van der Waals surface area contributed by atoms with Crippen molar-refractivity contribution in [1.29, 1.82) is 0 Å². The molecule has 0 bridgehead atoms. The van der Waals surface area contributed by atoms with Crippen molar-refractivity contribution < 1.29 is 4.79 Å². The third kappa shape index (κ3) is 2.85. The highest BCUT2D eigenvalue weighted by atomic mass is 16.1. The van der Waals surface area contributed by atoms with Gasteiger partial charge in [0, 0.05) is 11.3 Å². The number of Topliss-reactive ketones (excluding diaryl/α,β-unsaturated/α-hetero) is 1. The predicted molar refractivity (Wildman–Crippen MR) is 68.4 cm³/mol. The predicted octanol–water partition coefficient (Wildman–Crippen LogP) is 2.87. The van der Waals surface area contributed by atoms with Crippen LogP contribution in [-0.2, 0) is 4.79 Å². The van der Waals surface area contributed by atoms with Gasteiger partial charge in [-0.05, 0) is 30.8 Å². The van der Waals surface area contributed by atoms with E-state index in [1.807, 2.05) is 13.8 Å². The van der Waals surface area contributed by atoms with Crippen LogP contribution in [0, 0.1) is 22.7 Å². The molecule has 2 heteroatoms. The van der Waals surface area contributed by atoms with Crippen molar-refractivity contribution in [2.45, 2.75) is 48.0 Å². The first-order valence-corrected chi connectivity index (χ1v) is 6.42. The molecule has 0 unspecified atom stereocenters. The lowest BCUT2D eigenvalue weighted by molar-refractivity contribution is -0.132. The lowest BCUT2D eigenvalue weighted by Crippen LogP contribution is -2.51. The minimum Gasteiger partial charge on any atom is -0.316 e. The van der Waals surface area contributed by atoms with Crippen LogP contribution in [0.5, 0.6) is 0 Å². The van der Waals surface area contributed by atoms with Crippen LogP contribution in [0.2, 0.25) is 0 Å². The highest BCUT2D eigenvalue weighted by Crippen LogP contribution is 2.42. The second kappa shape index (κ2) is 4.48. The number of ketones is 1. The number of hydrogen-bond donors (Lipinski definition) is 1. The Kier molecular flexibility index (Phi) is 3.83. The fourth-order valence-electron chi connectivity index (χ4n) is 2.99. The van der Waals surface area contributed by atoms with Gasteiger partial charge in [0.05, 0.1) is 0 Å². The zero-order valence-corrected chi connectivity index (χ0v) is 11.7. The molecule has 1 rings (SSSR count). The number of nitrogens with one attached hydrogen (secondary N) is 1. The molecule has 0 atom stereocenters. The third-order valence-corrected chi connectivity index (χ3v) is 3.98. The maximum absolute atomic E-state index is 12.2. The van der Waals surface area contributed by atoms with Gasteiger partial charge in [0.2, 0.25) is 0 Å². The molecule has 1 N–H and O–H groups in total. The smallest absolute Gasteiger partial charge is 0.141 e. The van der Waals surface area contributed by atoms with Gasteiger partial charge in [0.1, 0.15) is 5.78 Å². The number of rotatable bonds is 5. The molecule has 1 heterocycles. The molecule has 1 fully saturated rings. The zero-order chi connectivity index (χ0) is 12.6. The maximum Gasteiger partial charge on any atom is 0.141 e. The van der Waals surface area contributed by atoms with E-state index < -0.39 is 0 Å². The van der Waals surface area contributed by atoms with E-state index in [0.717, 1.165) is 25.4 Å². The Morgan fingerprint density at radius 1 is 1.25 bits per heavy atom. The molecule has 0 aromatic heterocycles. The lowest BCUT2D eigenvalue weighted by atomic mass is 9.64. The Bertz CT molecular complexity index is 262. The van der Waals surface area contributed by atoms with Gasteiger partial charge in [-0.15, -0.1) is 0 Å². The largest absolute Gasteiger partial charge is 0.316 e. The van der Waals surface area contributed by atoms with E-state index in [-0.39, 0.29) is 16.7 Å². The Morgan fingerprint density at radius 2 is 1.75 bits per heavy atom. The molecular weight excluding hydrogens is 198 g/mol. The van der Waals surface area contributed by atoms with Crippen molar-refractivity contribution in [3.63, 3.8) is 0 Å². The quantitative estimate of drug-likeness (QED) is 0.779. The van der Waals surface area contributed by atoms with Crippen molar-refractivity contribution in [3.05, 3.63) is 0 Å². The topological polar surface area (TPSA) is 29.1 Å². The Balaban J connectivity index is 2.67. The molecule has 16 heavy (non-hydrogen) atoms. The van der Waals surface area contributed by atoms with Crippen LogP contribution in [-0.4, -0.2) is 18.9 Å². The van der Waals surface area contributed by atoms with Gasteiger partial charge in [-0.1, -0.05) is 41.5 Å². The summed E-state index contributed by atoms with van der Waals surface area (Å²) in [6.45, 7) is 15.0. The van der Waals surface area contributed by atoms with Crippen LogP contribution >= 0.6 is 0 Å². The second-order valence-corrected chi connectivity index (χ2v) is 6.92. The van der Waals surface area contributed by atoms with Crippen LogP contribution in [0.1, 0.15) is 48.0 Å². The fraction of sp³-hybridized carbons (Fsp3) is 0.929. The van der Waals surface area contributed by atoms with Gasteiger partial charge in [0.25, 0.3) is 0 Å². The van der Waals surface area contributed by atoms with Crippen molar-refractivity contribution in [2.24, 2.45) is 22.7 Å². The van der Waals surface area contributed by atoms with Crippen molar-refractivity contribution in [1.82, 2.24) is 5.32 Å². The van der Waals surface area contributed by atoms with Gasteiger partial charge < -0.3 is 5.32 Å². The molecule has 0 spiro atoms. The Hall–Kier alpha value is -0.370. The monoisotopic (exact) mass is 225 g/mol. The minimum absolute atomic E-state index is 0.144. The van der Waals surface area contributed by atoms with Crippen molar-refractivity contribution in [3.8, 4) is 0 Å². The lowest BCUT2D eigenvalue weighted by Gasteiger charge is -2.45. The van der Waals surface area contributed by atoms with E-state index in [4.69, 9.17) is 0 Å². The fourth-order valence-corrected chi connectivity index (χ4v) is 2.99. The van der Waals surface area contributed by atoms with Crippen LogP contribution in [0.3, 0.4) is 0 Å². The summed E-state index contributed by atoms with van der Waals surface area (Å²) in [4.78, 5) is 12.2. The first kappa shape index (κ1) is 13.7. The molecule has 0 amide bonds. The SMILES string of the molecule is CC(C)C(=O)C(C)(C)CC(C)(C)C1CNC1. The van der Waals surface area contributed by atoms with Crippen molar-refractivity contribution >= 4 is 5.78 Å². The summed E-state index contributed by atoms with van der Waals surface area (Å²) in [6.07, 6.45) is 0.989. The molecular formula is C14H27NO. The molecule has 0 aromatic rings. The number of carbonyl (C=O) groups excluding carboxylic acids is 1. The zero-order valence-electron chi connectivity index (χ0n) is 11.7. The first-order valence-electron chi connectivity index (χ1n) is 6.42. The summed E-state index contributed by atoms with van der Waals surface area (Å²) in [5, 5.41) is 3.32. The van der Waals surface area contributed by atoms with E-state index in [9.17, 15) is 4.79 Å². The summed E-state index contributed by atoms with van der Waals surface area (Å²) in [7, 11) is 0. The summed E-state index contributed by atoms with van der Waals surface area (Å²) in [5.74, 6) is 1.27. The second-order valence-electron chi connectivity index (χ2n) is 6.92. The minimum atomic E-state index is -0.187. The molecule has 1 aliphatic heterocycles. The average molecular weight is 225 g/mol. The normalized spacial score (nSPS) is 18.7. The van der Waals surface area contributed by atoms with Gasteiger partial charge in [-0.25, -0.2) is 0 Å². The standard InChI is InChI=1S/C14H27NO/c1-10(2)12(16)14(5,6)9-13(3,4)11-7-15-8-11/h10-11,15H,7-9H2,1-6H3. The summed E-state index contributed by atoms with van der Waals surface area (Å²) < 4.78 is 0. The van der Waals surface area contributed by atoms with Crippen LogP contribution in [0.4, 0.5) is 0 Å². The van der Waals surface area contributed by atoms with Gasteiger partial charge in [-0.2, -0.15) is 0 Å². The molecule has 2 nitrogen and oxygen atoms in total. The Morgan fingerprint density at radius 3 is 2.06 bits per heavy atom. The van der Waals surface area contributed by atoms with Gasteiger partial charge in [-0.3, -0.25) is 4.79 Å². The highest BCUT2D eigenvalue weighted by molar-refractivity contribution is 5.85. The van der Waals surface area contributed by atoms with Gasteiger partial charge >= 0.3 is 0 Å². The van der Waals surface area contributed by atoms with Crippen LogP contribution in [0.15, 0.2) is 0 Å². The Labute approximate surface area is 100 Å². The van der Waals surface area contributed by atoms with E-state index in [1.165, 1.54) is 0 Å². The first-order chi connectivity index (χ1) is 7.17. The third-order valence-electron chi connectivity index (χ3n) is 3.98. The highest BCUT2D eigenvalue weighted by Gasteiger charge is 2.41. The summed E-state index contributed by atoms with van der Waals surface area (Å²) >= 11 is 0. The average Bonchev–Trinajstić information content (AvgIpc) is 1.95. The molecule has 0 aliphatic carbocycles. The number of carbonyl (C=O) groups is 1. The maximum atomic E-state index is 12.2. The van der Waals surface area contributed by atoms with Crippen LogP contribution in [0.25, 0.3) is 0 Å². The molecule has 94 valence electrons. The molecule has 0 aromatic carbocycles. The van der Waals surface area contributed by atoms with E-state index in [0.29, 0.717) is 5.78 Å². The van der Waals surface area contributed by atoms with Crippen LogP contribution < -0.4 is 5.32 Å². The van der Waals surface area contributed by atoms with Crippen molar-refractivity contribution in [2.75, 3.05) is 13.1 Å². The summed E-state index contributed by atoms with van der Waals surface area (Å²) in [6, 6.07) is 0. The summed E-state index contributed by atoms with van der Waals surface area (Å²) in [5.41, 5.74) is 0.0759. The number of hydrogen-bond acceptors (Lipinski definition) is 2. The molecule has 1 aliphatic rings.